The number of phenols is 1. The molecule has 0 saturated carbocycles. The molecule has 3 aromatic carbocycles. The first kappa shape index (κ1) is 27.5. The van der Waals surface area contributed by atoms with Gasteiger partial charge in [0.05, 0.1) is 17.4 Å². The molecule has 6 heteroatoms. The van der Waals surface area contributed by atoms with E-state index in [1.165, 1.54) is 0 Å². The SMILES string of the molecule is Cc1cc(C)c2ncc(NC(=O)Nc3cc(C(C)(C)C)c(O)c(C(C)(C)C)c3)c(-c3ccccc3Cl)c2c1. The van der Waals surface area contributed by atoms with Crippen molar-refractivity contribution in [2.24, 2.45) is 0 Å². The molecule has 4 aromatic rings. The second-order valence-corrected chi connectivity index (χ2v) is 12.4. The number of pyridine rings is 1. The number of benzene rings is 3. The zero-order valence-corrected chi connectivity index (χ0v) is 24.1. The van der Waals surface area contributed by atoms with E-state index in [2.05, 4.69) is 27.8 Å². The highest BCUT2D eigenvalue weighted by atomic mass is 35.5. The minimum absolute atomic E-state index is 0.265. The Bertz CT molecular complexity index is 1510. The first-order valence-corrected chi connectivity index (χ1v) is 13.2. The van der Waals surface area contributed by atoms with Gasteiger partial charge in [0.1, 0.15) is 5.75 Å². The summed E-state index contributed by atoms with van der Waals surface area (Å²) in [6, 6.07) is 15.0. The van der Waals surface area contributed by atoms with Crippen LogP contribution in [0.3, 0.4) is 0 Å². The first-order valence-electron chi connectivity index (χ1n) is 12.8. The summed E-state index contributed by atoms with van der Waals surface area (Å²) in [5, 5.41) is 18.5. The van der Waals surface area contributed by atoms with Crippen molar-refractivity contribution in [1.29, 1.82) is 0 Å². The molecular weight excluding hydrogens is 494 g/mol. The number of urea groups is 1. The number of hydrogen-bond donors (Lipinski definition) is 3. The fraction of sp³-hybridized carbons (Fsp3) is 0.312. The predicted molar refractivity (Wildman–Crippen MR) is 160 cm³/mol. The van der Waals surface area contributed by atoms with Crippen LogP contribution in [0.5, 0.6) is 5.75 Å². The van der Waals surface area contributed by atoms with Gasteiger partial charge >= 0.3 is 6.03 Å². The Morgan fingerprint density at radius 2 is 1.50 bits per heavy atom. The standard InChI is InChI=1S/C32H36ClN3O2/c1-18-13-19(2)28-22(14-18)27(21-11-9-10-12-25(21)33)26(17-34-28)36-30(38)35-20-15-23(31(3,4)5)29(37)24(16-20)32(6,7)8/h9-17,37H,1-8H3,(H2,35,36,38). The van der Waals surface area contributed by atoms with Gasteiger partial charge in [0, 0.05) is 38.4 Å². The fourth-order valence-corrected chi connectivity index (χ4v) is 5.07. The summed E-state index contributed by atoms with van der Waals surface area (Å²) in [7, 11) is 0. The van der Waals surface area contributed by atoms with E-state index in [9.17, 15) is 9.90 Å². The van der Waals surface area contributed by atoms with E-state index in [0.29, 0.717) is 16.4 Å². The number of halogens is 1. The monoisotopic (exact) mass is 529 g/mol. The summed E-state index contributed by atoms with van der Waals surface area (Å²) in [6.45, 7) is 16.3. The van der Waals surface area contributed by atoms with Crippen LogP contribution in [-0.4, -0.2) is 16.1 Å². The molecule has 5 nitrogen and oxygen atoms in total. The Morgan fingerprint density at radius 3 is 2.08 bits per heavy atom. The molecule has 0 bridgehead atoms. The molecule has 0 atom stereocenters. The second-order valence-electron chi connectivity index (χ2n) is 12.0. The van der Waals surface area contributed by atoms with Gasteiger partial charge in [-0.2, -0.15) is 0 Å². The lowest BCUT2D eigenvalue weighted by molar-refractivity contribution is 0.262. The molecule has 0 unspecified atom stereocenters. The van der Waals surface area contributed by atoms with Crippen molar-refractivity contribution in [3.8, 4) is 16.9 Å². The van der Waals surface area contributed by atoms with E-state index in [1.54, 1.807) is 6.20 Å². The number of carbonyl (C=O) groups is 1. The van der Waals surface area contributed by atoms with Crippen molar-refractivity contribution in [3.63, 3.8) is 0 Å². The molecule has 4 rings (SSSR count). The van der Waals surface area contributed by atoms with Gasteiger partial charge in [-0.1, -0.05) is 83.0 Å². The van der Waals surface area contributed by atoms with Crippen LogP contribution < -0.4 is 10.6 Å². The minimum Gasteiger partial charge on any atom is -0.507 e. The van der Waals surface area contributed by atoms with Crippen molar-refractivity contribution < 1.29 is 9.90 Å². The van der Waals surface area contributed by atoms with Gasteiger partial charge in [0.15, 0.2) is 0 Å². The number of aromatic hydroxyl groups is 1. The van der Waals surface area contributed by atoms with Crippen molar-refractivity contribution in [1.82, 2.24) is 4.98 Å². The van der Waals surface area contributed by atoms with Gasteiger partial charge in [-0.15, -0.1) is 0 Å². The highest BCUT2D eigenvalue weighted by Crippen LogP contribution is 2.42. The Labute approximate surface area is 230 Å². The second kappa shape index (κ2) is 9.95. The summed E-state index contributed by atoms with van der Waals surface area (Å²) >= 11 is 6.64. The number of carbonyl (C=O) groups excluding carboxylic acids is 1. The normalized spacial score (nSPS) is 12.0. The number of aryl methyl sites for hydroxylation is 2. The summed E-state index contributed by atoms with van der Waals surface area (Å²) < 4.78 is 0. The number of amides is 2. The summed E-state index contributed by atoms with van der Waals surface area (Å²) in [6.07, 6.45) is 1.68. The van der Waals surface area contributed by atoms with Gasteiger partial charge in [0.25, 0.3) is 0 Å². The number of nitrogens with one attached hydrogen (secondary N) is 2. The van der Waals surface area contributed by atoms with Crippen molar-refractivity contribution >= 4 is 39.9 Å². The summed E-state index contributed by atoms with van der Waals surface area (Å²) in [5.41, 5.74) is 6.73. The van der Waals surface area contributed by atoms with Gasteiger partial charge in [-0.05, 0) is 54.5 Å². The van der Waals surface area contributed by atoms with Gasteiger partial charge < -0.3 is 15.7 Å². The van der Waals surface area contributed by atoms with Crippen molar-refractivity contribution in [3.05, 3.63) is 82.0 Å². The maximum Gasteiger partial charge on any atom is 0.323 e. The van der Waals surface area contributed by atoms with Gasteiger partial charge in [0.2, 0.25) is 0 Å². The van der Waals surface area contributed by atoms with Crippen molar-refractivity contribution in [2.45, 2.75) is 66.2 Å². The number of nitrogens with zero attached hydrogens (tertiary/aromatic N) is 1. The maximum absolute atomic E-state index is 13.4. The molecule has 2 amide bonds. The third-order valence-electron chi connectivity index (χ3n) is 6.68. The van der Waals surface area contributed by atoms with E-state index in [-0.39, 0.29) is 16.6 Å². The zero-order chi connectivity index (χ0) is 28.0. The highest BCUT2D eigenvalue weighted by molar-refractivity contribution is 6.34. The molecule has 1 heterocycles. The van der Waals surface area contributed by atoms with Crippen LogP contribution in [0.15, 0.2) is 54.7 Å². The van der Waals surface area contributed by atoms with Crippen LogP contribution in [0.2, 0.25) is 5.02 Å². The van der Waals surface area contributed by atoms with Crippen LogP contribution in [0.1, 0.15) is 63.8 Å². The van der Waals surface area contributed by atoms with E-state index in [1.807, 2.05) is 91.8 Å². The number of aromatic nitrogens is 1. The highest BCUT2D eigenvalue weighted by Gasteiger charge is 2.27. The number of hydrogen-bond acceptors (Lipinski definition) is 3. The number of phenolic OH excluding ortho intramolecular Hbond substituents is 1. The van der Waals surface area contributed by atoms with E-state index < -0.39 is 6.03 Å². The lowest BCUT2D eigenvalue weighted by atomic mass is 9.79. The molecular formula is C32H36ClN3O2. The van der Waals surface area contributed by atoms with Crippen LogP contribution >= 0.6 is 11.6 Å². The first-order chi connectivity index (χ1) is 17.7. The van der Waals surface area contributed by atoms with E-state index in [4.69, 9.17) is 11.6 Å². The molecule has 0 saturated heterocycles. The molecule has 0 spiro atoms. The van der Waals surface area contributed by atoms with Crippen LogP contribution in [0.4, 0.5) is 16.2 Å². The van der Waals surface area contributed by atoms with Crippen molar-refractivity contribution in [2.75, 3.05) is 10.6 Å². The predicted octanol–water partition coefficient (Wildman–Crippen LogP) is 9.12. The molecule has 0 aliphatic rings. The fourth-order valence-electron chi connectivity index (χ4n) is 4.84. The Balaban J connectivity index is 1.80. The Kier molecular flexibility index (Phi) is 7.19. The molecule has 0 fully saturated rings. The largest absolute Gasteiger partial charge is 0.507 e. The lowest BCUT2D eigenvalue weighted by Crippen LogP contribution is -2.22. The average Bonchev–Trinajstić information content (AvgIpc) is 2.79. The topological polar surface area (TPSA) is 74.2 Å². The molecule has 3 N–H and O–H groups in total. The quantitative estimate of drug-likeness (QED) is 0.232. The molecule has 1 aromatic heterocycles. The Morgan fingerprint density at radius 1 is 0.895 bits per heavy atom. The van der Waals surface area contributed by atoms with Gasteiger partial charge in [-0.3, -0.25) is 4.98 Å². The third-order valence-corrected chi connectivity index (χ3v) is 7.01. The molecule has 0 radical (unpaired) electrons. The smallest absolute Gasteiger partial charge is 0.323 e. The zero-order valence-electron chi connectivity index (χ0n) is 23.4. The van der Waals surface area contributed by atoms with E-state index >= 15 is 0 Å². The average molecular weight is 530 g/mol. The molecule has 198 valence electrons. The maximum atomic E-state index is 13.4. The minimum atomic E-state index is -0.408. The summed E-state index contributed by atoms with van der Waals surface area (Å²) in [4.78, 5) is 18.1. The van der Waals surface area contributed by atoms with Crippen LogP contribution in [0.25, 0.3) is 22.0 Å². The number of fused-ring (bicyclic) bond motifs is 1. The summed E-state index contributed by atoms with van der Waals surface area (Å²) in [5.74, 6) is 0.265. The van der Waals surface area contributed by atoms with E-state index in [0.717, 1.165) is 44.3 Å². The number of rotatable bonds is 3. The Hall–Kier alpha value is -3.57. The van der Waals surface area contributed by atoms with Crippen LogP contribution in [0, 0.1) is 13.8 Å². The molecule has 0 aliphatic heterocycles. The molecule has 38 heavy (non-hydrogen) atoms. The van der Waals surface area contributed by atoms with Crippen LogP contribution in [-0.2, 0) is 10.8 Å². The van der Waals surface area contributed by atoms with Gasteiger partial charge in [-0.25, -0.2) is 4.79 Å². The lowest BCUT2D eigenvalue weighted by Gasteiger charge is -2.28. The third kappa shape index (κ3) is 5.48. The molecule has 0 aliphatic carbocycles. The number of anilines is 2.